The van der Waals surface area contributed by atoms with Crippen molar-refractivity contribution in [3.63, 3.8) is 0 Å². The number of anilines is 1. The minimum absolute atomic E-state index is 0.0541. The molecule has 2 aromatic heterocycles. The second-order valence-corrected chi connectivity index (χ2v) is 7.16. The predicted octanol–water partition coefficient (Wildman–Crippen LogP) is 1.08. The van der Waals surface area contributed by atoms with Crippen molar-refractivity contribution in [2.75, 3.05) is 11.9 Å². The summed E-state index contributed by atoms with van der Waals surface area (Å²) in [7, 11) is 3.00. The first-order valence-electron chi connectivity index (χ1n) is 9.62. The fraction of sp³-hybridized carbons (Fsp3) is 0.450. The number of aromatic nitrogens is 4. The molecular weight excluding hydrogens is 374 g/mol. The highest BCUT2D eigenvalue weighted by Crippen LogP contribution is 2.18. The second kappa shape index (κ2) is 8.52. The monoisotopic (exact) mass is 401 g/mol. The van der Waals surface area contributed by atoms with E-state index in [4.69, 9.17) is 4.74 Å². The molecule has 3 aromatic rings. The van der Waals surface area contributed by atoms with Crippen LogP contribution in [-0.4, -0.2) is 42.5 Å². The van der Waals surface area contributed by atoms with Crippen molar-refractivity contribution in [2.45, 2.75) is 39.0 Å². The molecule has 2 N–H and O–H groups in total. The SMILES string of the molecule is CC[C@@H](C)Nc1nc2c(c(=O)n(C)c(=O)n2C)n1C[C@H](O)COc1ccccc1. The van der Waals surface area contributed by atoms with E-state index in [0.29, 0.717) is 11.7 Å². The molecule has 29 heavy (non-hydrogen) atoms. The number of para-hydroxylation sites is 1. The Kier molecular flexibility index (Phi) is 6.07. The standard InChI is InChI=1S/C20H27N5O4/c1-5-13(2)21-19-22-17-16(18(27)24(4)20(28)23(17)3)25(19)11-14(26)12-29-15-9-7-6-8-10-15/h6-10,13-14,26H,5,11-12H2,1-4H3,(H,21,22)/t13-,14+/m1/s1. The zero-order valence-electron chi connectivity index (χ0n) is 17.1. The number of aliphatic hydroxyl groups is 1. The summed E-state index contributed by atoms with van der Waals surface area (Å²) >= 11 is 0. The van der Waals surface area contributed by atoms with Crippen LogP contribution in [0.5, 0.6) is 5.75 Å². The Bertz CT molecular complexity index is 1100. The summed E-state index contributed by atoms with van der Waals surface area (Å²) in [4.78, 5) is 29.6. The summed E-state index contributed by atoms with van der Waals surface area (Å²) in [5, 5.41) is 13.8. The zero-order valence-corrected chi connectivity index (χ0v) is 17.1. The van der Waals surface area contributed by atoms with Gasteiger partial charge in [-0.1, -0.05) is 25.1 Å². The van der Waals surface area contributed by atoms with Gasteiger partial charge in [-0.2, -0.15) is 4.98 Å². The number of aryl methyl sites for hydroxylation is 1. The smallest absolute Gasteiger partial charge is 0.332 e. The summed E-state index contributed by atoms with van der Waals surface area (Å²) < 4.78 is 9.63. The highest BCUT2D eigenvalue weighted by molar-refractivity contribution is 5.74. The van der Waals surface area contributed by atoms with E-state index in [0.717, 1.165) is 11.0 Å². The van der Waals surface area contributed by atoms with Gasteiger partial charge in [0.15, 0.2) is 11.2 Å². The molecule has 0 fully saturated rings. The minimum atomic E-state index is -0.882. The van der Waals surface area contributed by atoms with Crippen LogP contribution in [0, 0.1) is 0 Å². The molecule has 0 unspecified atom stereocenters. The van der Waals surface area contributed by atoms with Crippen molar-refractivity contribution < 1.29 is 9.84 Å². The van der Waals surface area contributed by atoms with Crippen LogP contribution in [-0.2, 0) is 20.6 Å². The van der Waals surface area contributed by atoms with E-state index >= 15 is 0 Å². The molecule has 0 radical (unpaired) electrons. The van der Waals surface area contributed by atoms with Gasteiger partial charge in [-0.15, -0.1) is 0 Å². The number of rotatable bonds is 8. The van der Waals surface area contributed by atoms with E-state index in [2.05, 4.69) is 10.3 Å². The molecular formula is C20H27N5O4. The lowest BCUT2D eigenvalue weighted by molar-refractivity contribution is 0.0938. The molecule has 0 spiro atoms. The van der Waals surface area contributed by atoms with E-state index in [1.165, 1.54) is 11.6 Å². The van der Waals surface area contributed by atoms with Crippen molar-refractivity contribution in [1.82, 2.24) is 18.7 Å². The number of aliphatic hydroxyl groups excluding tert-OH is 1. The Morgan fingerprint density at radius 1 is 1.17 bits per heavy atom. The average Bonchev–Trinajstić information content (AvgIpc) is 3.07. The largest absolute Gasteiger partial charge is 0.491 e. The zero-order chi connectivity index (χ0) is 21.1. The van der Waals surface area contributed by atoms with Crippen LogP contribution in [0.2, 0.25) is 0 Å². The number of imidazole rings is 1. The average molecular weight is 401 g/mol. The van der Waals surface area contributed by atoms with E-state index in [9.17, 15) is 14.7 Å². The van der Waals surface area contributed by atoms with Crippen LogP contribution in [0.15, 0.2) is 39.9 Å². The van der Waals surface area contributed by atoms with Crippen LogP contribution in [0.4, 0.5) is 5.95 Å². The van der Waals surface area contributed by atoms with Crippen LogP contribution < -0.4 is 21.3 Å². The minimum Gasteiger partial charge on any atom is -0.491 e. The third-order valence-electron chi connectivity index (χ3n) is 4.91. The van der Waals surface area contributed by atoms with Gasteiger partial charge >= 0.3 is 5.69 Å². The number of ether oxygens (including phenoxy) is 1. The van der Waals surface area contributed by atoms with Crippen LogP contribution in [0.25, 0.3) is 11.2 Å². The molecule has 2 atom stereocenters. The first-order valence-corrected chi connectivity index (χ1v) is 9.62. The molecule has 0 aliphatic heterocycles. The van der Waals surface area contributed by atoms with Crippen molar-refractivity contribution in [1.29, 1.82) is 0 Å². The fourth-order valence-electron chi connectivity index (χ4n) is 3.03. The lowest BCUT2D eigenvalue weighted by Gasteiger charge is -2.18. The molecule has 0 bridgehead atoms. The molecule has 3 rings (SSSR count). The molecule has 0 saturated carbocycles. The molecule has 0 amide bonds. The van der Waals surface area contributed by atoms with E-state index in [1.54, 1.807) is 23.7 Å². The molecule has 0 saturated heterocycles. The molecule has 9 heteroatoms. The van der Waals surface area contributed by atoms with Gasteiger partial charge in [0.2, 0.25) is 5.95 Å². The number of fused-ring (bicyclic) bond motifs is 1. The van der Waals surface area contributed by atoms with Gasteiger partial charge in [0.05, 0.1) is 6.54 Å². The van der Waals surface area contributed by atoms with E-state index < -0.39 is 17.4 Å². The Morgan fingerprint density at radius 2 is 1.86 bits per heavy atom. The molecule has 0 aliphatic carbocycles. The van der Waals surface area contributed by atoms with E-state index in [1.807, 2.05) is 32.0 Å². The van der Waals surface area contributed by atoms with Crippen molar-refractivity contribution >= 4 is 17.1 Å². The van der Waals surface area contributed by atoms with E-state index in [-0.39, 0.29) is 30.4 Å². The number of nitrogens with zero attached hydrogens (tertiary/aromatic N) is 4. The topological polar surface area (TPSA) is 103 Å². The summed E-state index contributed by atoms with van der Waals surface area (Å²) in [6.07, 6.45) is -0.0353. The number of hydrogen-bond donors (Lipinski definition) is 2. The maximum Gasteiger partial charge on any atom is 0.332 e. The second-order valence-electron chi connectivity index (χ2n) is 7.16. The fourth-order valence-corrected chi connectivity index (χ4v) is 3.03. The maximum atomic E-state index is 12.8. The predicted molar refractivity (Wildman–Crippen MR) is 112 cm³/mol. The third-order valence-corrected chi connectivity index (χ3v) is 4.91. The van der Waals surface area contributed by atoms with Gasteiger partial charge in [0.25, 0.3) is 5.56 Å². The quantitative estimate of drug-likeness (QED) is 0.586. The van der Waals surface area contributed by atoms with Crippen molar-refractivity contribution in [3.05, 3.63) is 51.2 Å². The molecule has 156 valence electrons. The van der Waals surface area contributed by atoms with Gasteiger partial charge in [0.1, 0.15) is 18.5 Å². The highest BCUT2D eigenvalue weighted by Gasteiger charge is 2.21. The summed E-state index contributed by atoms with van der Waals surface area (Å²) in [5.41, 5.74) is -0.363. The number of benzene rings is 1. The molecule has 1 aromatic carbocycles. The van der Waals surface area contributed by atoms with Crippen LogP contribution >= 0.6 is 0 Å². The summed E-state index contributed by atoms with van der Waals surface area (Å²) in [5.74, 6) is 1.09. The highest BCUT2D eigenvalue weighted by atomic mass is 16.5. The summed E-state index contributed by atoms with van der Waals surface area (Å²) in [6.45, 7) is 4.17. The lowest BCUT2D eigenvalue weighted by Crippen LogP contribution is -2.38. The maximum absolute atomic E-state index is 12.8. The molecule has 2 heterocycles. The Balaban J connectivity index is 1.98. The number of hydrogen-bond acceptors (Lipinski definition) is 6. The van der Waals surface area contributed by atoms with Gasteiger partial charge in [0, 0.05) is 20.1 Å². The van der Waals surface area contributed by atoms with Gasteiger partial charge in [-0.3, -0.25) is 13.9 Å². The normalized spacial score (nSPS) is 13.4. The van der Waals surface area contributed by atoms with Crippen molar-refractivity contribution in [2.24, 2.45) is 14.1 Å². The third kappa shape index (κ3) is 4.19. The number of nitrogens with one attached hydrogen (secondary N) is 1. The van der Waals surface area contributed by atoms with Gasteiger partial charge < -0.3 is 19.7 Å². The first kappa shape index (κ1) is 20.7. The summed E-state index contributed by atoms with van der Waals surface area (Å²) in [6, 6.07) is 9.30. The van der Waals surface area contributed by atoms with Crippen molar-refractivity contribution in [3.8, 4) is 5.75 Å². The lowest BCUT2D eigenvalue weighted by atomic mass is 10.3. The first-order chi connectivity index (χ1) is 13.8. The Morgan fingerprint density at radius 3 is 2.52 bits per heavy atom. The molecule has 0 aliphatic rings. The Hall–Kier alpha value is -3.07. The molecule has 9 nitrogen and oxygen atoms in total. The van der Waals surface area contributed by atoms with Crippen LogP contribution in [0.1, 0.15) is 20.3 Å². The van der Waals surface area contributed by atoms with Crippen LogP contribution in [0.3, 0.4) is 0 Å². The Labute approximate surface area is 168 Å². The van der Waals surface area contributed by atoms with Gasteiger partial charge in [-0.05, 0) is 25.5 Å². The van der Waals surface area contributed by atoms with Gasteiger partial charge in [-0.25, -0.2) is 4.79 Å².